The van der Waals surface area contributed by atoms with Crippen LogP contribution in [-0.2, 0) is 27.2 Å². The summed E-state index contributed by atoms with van der Waals surface area (Å²) in [6, 6.07) is 16.8. The second-order valence-electron chi connectivity index (χ2n) is 8.46. The van der Waals surface area contributed by atoms with Crippen LogP contribution in [0, 0.1) is 5.92 Å². The van der Waals surface area contributed by atoms with Crippen LogP contribution in [0.3, 0.4) is 0 Å². The first-order valence-corrected chi connectivity index (χ1v) is 11.3. The number of nitrogens with one attached hydrogen (secondary N) is 2. The van der Waals surface area contributed by atoms with E-state index in [9.17, 15) is 19.2 Å². The Morgan fingerprint density at radius 2 is 1.36 bits per heavy atom. The molecule has 1 aliphatic carbocycles. The van der Waals surface area contributed by atoms with Gasteiger partial charge in [0.15, 0.2) is 0 Å². The van der Waals surface area contributed by atoms with Gasteiger partial charge in [-0.1, -0.05) is 42.5 Å². The van der Waals surface area contributed by atoms with Crippen LogP contribution < -0.4 is 10.6 Å². The van der Waals surface area contributed by atoms with Gasteiger partial charge in [-0.15, -0.1) is 0 Å². The molecule has 1 saturated heterocycles. The molecule has 0 saturated carbocycles. The molecular weight excluding hydrogens is 420 g/mol. The topological polar surface area (TPSA) is 98.8 Å². The van der Waals surface area contributed by atoms with Gasteiger partial charge < -0.3 is 10.6 Å². The van der Waals surface area contributed by atoms with E-state index in [1.807, 2.05) is 12.1 Å². The third kappa shape index (κ3) is 5.58. The van der Waals surface area contributed by atoms with Crippen molar-refractivity contribution in [3.63, 3.8) is 0 Å². The summed E-state index contributed by atoms with van der Waals surface area (Å²) in [4.78, 5) is 49.7. The van der Waals surface area contributed by atoms with Crippen LogP contribution >= 0.6 is 0 Å². The molecule has 0 radical (unpaired) electrons. The Hall–Kier alpha value is -3.68. The van der Waals surface area contributed by atoms with Gasteiger partial charge in [0.2, 0.25) is 11.8 Å². The van der Waals surface area contributed by atoms with Crippen molar-refractivity contribution >= 4 is 23.6 Å². The lowest BCUT2D eigenvalue weighted by atomic mass is 10.0. The minimum absolute atomic E-state index is 0.0555. The predicted octanol–water partition coefficient (Wildman–Crippen LogP) is 1.31. The number of benzene rings is 2. The zero-order valence-electron chi connectivity index (χ0n) is 18.5. The third-order valence-electron chi connectivity index (χ3n) is 6.09. The Balaban J connectivity index is 1.22. The van der Waals surface area contributed by atoms with Crippen LogP contribution in [0.1, 0.15) is 34.3 Å². The Morgan fingerprint density at radius 3 is 2.03 bits per heavy atom. The van der Waals surface area contributed by atoms with E-state index in [2.05, 4.69) is 22.8 Å². The molecule has 1 aliphatic heterocycles. The van der Waals surface area contributed by atoms with E-state index in [1.54, 1.807) is 30.3 Å². The zero-order valence-corrected chi connectivity index (χ0v) is 18.5. The number of fused-ring (bicyclic) bond motifs is 1. The average molecular weight is 449 g/mol. The molecule has 172 valence electrons. The van der Waals surface area contributed by atoms with E-state index >= 15 is 0 Å². The van der Waals surface area contributed by atoms with E-state index < -0.39 is 5.91 Å². The Labute approximate surface area is 192 Å². The number of rotatable bonds is 7. The monoisotopic (exact) mass is 448 g/mol. The molecule has 0 spiro atoms. The lowest BCUT2D eigenvalue weighted by Gasteiger charge is -2.29. The van der Waals surface area contributed by atoms with E-state index in [1.165, 1.54) is 21.1 Å². The maximum absolute atomic E-state index is 12.9. The summed E-state index contributed by atoms with van der Waals surface area (Å²) in [5.74, 6) is -0.963. The maximum atomic E-state index is 12.9. The lowest BCUT2D eigenvalue weighted by molar-refractivity contribution is -0.158. The number of carbonyl (C=O) groups is 4. The first kappa shape index (κ1) is 22.5. The van der Waals surface area contributed by atoms with Crippen molar-refractivity contribution in [2.24, 2.45) is 5.92 Å². The highest BCUT2D eigenvalue weighted by atomic mass is 16.2. The minimum Gasteiger partial charge on any atom is -0.345 e. The molecule has 1 fully saturated rings. The second-order valence-corrected chi connectivity index (χ2v) is 8.46. The van der Waals surface area contributed by atoms with Crippen LogP contribution in [-0.4, -0.2) is 59.8 Å². The average Bonchev–Trinajstić information content (AvgIpc) is 3.48. The highest BCUT2D eigenvalue weighted by Gasteiger charge is 2.33. The first-order valence-electron chi connectivity index (χ1n) is 11.3. The maximum Gasteiger partial charge on any atom is 0.260 e. The Kier molecular flexibility index (Phi) is 7.02. The van der Waals surface area contributed by atoms with Gasteiger partial charge in [-0.25, -0.2) is 5.01 Å². The second kappa shape index (κ2) is 10.3. The number of nitrogens with zero attached hydrogens (tertiary/aromatic N) is 2. The molecule has 4 rings (SSSR count). The minimum atomic E-state index is -0.464. The summed E-state index contributed by atoms with van der Waals surface area (Å²) in [5.41, 5.74) is 3.05. The van der Waals surface area contributed by atoms with Crippen molar-refractivity contribution < 1.29 is 19.2 Å². The molecule has 2 aliphatic rings. The van der Waals surface area contributed by atoms with Crippen LogP contribution in [0.25, 0.3) is 0 Å². The summed E-state index contributed by atoms with van der Waals surface area (Å²) in [5, 5.41) is 8.01. The molecule has 0 aromatic heterocycles. The van der Waals surface area contributed by atoms with Gasteiger partial charge >= 0.3 is 0 Å². The van der Waals surface area contributed by atoms with Gasteiger partial charge in [0.25, 0.3) is 11.8 Å². The third-order valence-corrected chi connectivity index (χ3v) is 6.09. The molecule has 4 amide bonds. The van der Waals surface area contributed by atoms with E-state index in [-0.39, 0.29) is 36.7 Å². The molecule has 0 unspecified atom stereocenters. The van der Waals surface area contributed by atoms with Gasteiger partial charge in [-0.3, -0.25) is 24.2 Å². The molecule has 0 bridgehead atoms. The highest BCUT2D eigenvalue weighted by molar-refractivity contribution is 5.96. The van der Waals surface area contributed by atoms with Crippen molar-refractivity contribution in [3.05, 3.63) is 71.3 Å². The summed E-state index contributed by atoms with van der Waals surface area (Å²) in [6.07, 6.45) is 2.88. The summed E-state index contributed by atoms with van der Waals surface area (Å²) >= 11 is 0. The number of hydrogen-bond acceptors (Lipinski definition) is 4. The van der Waals surface area contributed by atoms with E-state index in [4.69, 9.17) is 0 Å². The van der Waals surface area contributed by atoms with E-state index in [0.29, 0.717) is 31.5 Å². The smallest absolute Gasteiger partial charge is 0.260 e. The van der Waals surface area contributed by atoms with Crippen LogP contribution in [0.2, 0.25) is 0 Å². The first-order chi connectivity index (χ1) is 16.0. The summed E-state index contributed by atoms with van der Waals surface area (Å²) in [7, 11) is 0. The van der Waals surface area contributed by atoms with Crippen molar-refractivity contribution in [2.75, 3.05) is 26.2 Å². The number of hydrogen-bond donors (Lipinski definition) is 2. The quantitative estimate of drug-likeness (QED) is 0.667. The number of amides is 4. The zero-order chi connectivity index (χ0) is 23.2. The van der Waals surface area contributed by atoms with Crippen molar-refractivity contribution in [2.45, 2.75) is 25.7 Å². The van der Waals surface area contributed by atoms with Gasteiger partial charge in [0.05, 0.1) is 13.1 Å². The van der Waals surface area contributed by atoms with Gasteiger partial charge in [0, 0.05) is 25.1 Å². The van der Waals surface area contributed by atoms with Crippen LogP contribution in [0.5, 0.6) is 0 Å². The van der Waals surface area contributed by atoms with Crippen molar-refractivity contribution in [1.82, 2.24) is 20.7 Å². The van der Waals surface area contributed by atoms with Gasteiger partial charge in [0.1, 0.15) is 0 Å². The number of carbonyl (C=O) groups excluding carboxylic acids is 4. The largest absolute Gasteiger partial charge is 0.345 e. The Bertz CT molecular complexity index is 1010. The van der Waals surface area contributed by atoms with Crippen molar-refractivity contribution in [3.8, 4) is 0 Å². The van der Waals surface area contributed by atoms with Gasteiger partial charge in [-0.2, -0.15) is 0 Å². The molecule has 8 heteroatoms. The Morgan fingerprint density at radius 1 is 0.758 bits per heavy atom. The molecule has 2 aromatic rings. The number of hydrazine groups is 1. The molecule has 2 N–H and O–H groups in total. The van der Waals surface area contributed by atoms with Crippen LogP contribution in [0.15, 0.2) is 54.6 Å². The molecule has 33 heavy (non-hydrogen) atoms. The van der Waals surface area contributed by atoms with Crippen molar-refractivity contribution in [1.29, 1.82) is 0 Å². The molecule has 2 aromatic carbocycles. The van der Waals surface area contributed by atoms with Crippen LogP contribution in [0.4, 0.5) is 0 Å². The summed E-state index contributed by atoms with van der Waals surface area (Å²) < 4.78 is 0. The lowest BCUT2D eigenvalue weighted by Crippen LogP contribution is -2.49. The fourth-order valence-electron chi connectivity index (χ4n) is 4.46. The SMILES string of the molecule is O=C(CNC(=O)c1ccccc1)NCC(=O)N1CCCN1C(=O)CC1Cc2ccccc2C1. The fraction of sp³-hybridized carbons (Fsp3) is 0.360. The normalized spacial score (nSPS) is 15.3. The molecule has 0 atom stereocenters. The molecular formula is C25H28N4O4. The standard InChI is InChI=1S/C25H28N4O4/c30-22(16-27-25(33)19-7-2-1-3-8-19)26-17-24(32)29-12-6-11-28(29)23(31)15-18-13-20-9-4-5-10-21(20)14-18/h1-5,7-10,18H,6,11-17H2,(H,26,30)(H,27,33). The predicted molar refractivity (Wildman–Crippen MR) is 122 cm³/mol. The highest BCUT2D eigenvalue weighted by Crippen LogP contribution is 2.29. The summed E-state index contributed by atoms with van der Waals surface area (Å²) in [6.45, 7) is 0.506. The van der Waals surface area contributed by atoms with E-state index in [0.717, 1.165) is 12.8 Å². The fourth-order valence-corrected chi connectivity index (χ4v) is 4.46. The molecule has 8 nitrogen and oxygen atoms in total. The van der Waals surface area contributed by atoms with Gasteiger partial charge in [-0.05, 0) is 48.4 Å². The molecule has 1 heterocycles.